The minimum absolute atomic E-state index is 0.419. The molecule has 1 aromatic carbocycles. The molecule has 0 bridgehead atoms. The van der Waals surface area contributed by atoms with E-state index < -0.39 is 0 Å². The Morgan fingerprint density at radius 2 is 1.95 bits per heavy atom. The highest BCUT2D eigenvalue weighted by Crippen LogP contribution is 2.13. The van der Waals surface area contributed by atoms with Gasteiger partial charge in [-0.3, -0.25) is 4.98 Å². The minimum Gasteiger partial charge on any atom is -0.497 e. The summed E-state index contributed by atoms with van der Waals surface area (Å²) >= 11 is 0. The van der Waals surface area contributed by atoms with E-state index in [0.29, 0.717) is 6.04 Å². The predicted octanol–water partition coefficient (Wildman–Crippen LogP) is 3.12. The van der Waals surface area contributed by atoms with E-state index >= 15 is 0 Å². The van der Waals surface area contributed by atoms with Crippen LogP contribution in [0.1, 0.15) is 23.6 Å². The number of hydrogen-bond acceptors (Lipinski definition) is 3. The first-order chi connectivity index (χ1) is 9.69. The fourth-order valence-electron chi connectivity index (χ4n) is 2.15. The summed E-state index contributed by atoms with van der Waals surface area (Å²) in [7, 11) is 1.69. The molecular formula is C17H22N2O. The molecule has 1 heterocycles. The number of ether oxygens (including phenoxy) is 1. The van der Waals surface area contributed by atoms with Crippen molar-refractivity contribution in [1.29, 1.82) is 0 Å². The van der Waals surface area contributed by atoms with Crippen LogP contribution in [0.15, 0.2) is 42.7 Å². The van der Waals surface area contributed by atoms with Gasteiger partial charge < -0.3 is 10.1 Å². The van der Waals surface area contributed by atoms with E-state index in [1.54, 1.807) is 7.11 Å². The lowest BCUT2D eigenvalue weighted by Gasteiger charge is -2.15. The average molecular weight is 270 g/mol. The predicted molar refractivity (Wildman–Crippen MR) is 82.0 cm³/mol. The molecule has 1 aromatic heterocycles. The second-order valence-corrected chi connectivity index (χ2v) is 5.14. The normalized spacial score (nSPS) is 12.2. The van der Waals surface area contributed by atoms with E-state index in [9.17, 15) is 0 Å². The number of aryl methyl sites for hydroxylation is 1. The summed E-state index contributed by atoms with van der Waals surface area (Å²) in [5.74, 6) is 0.903. The van der Waals surface area contributed by atoms with Crippen LogP contribution in [0.4, 0.5) is 0 Å². The highest BCUT2D eigenvalue weighted by atomic mass is 16.5. The van der Waals surface area contributed by atoms with Crippen LogP contribution in [0.25, 0.3) is 0 Å². The minimum atomic E-state index is 0.419. The van der Waals surface area contributed by atoms with Crippen molar-refractivity contribution in [3.63, 3.8) is 0 Å². The van der Waals surface area contributed by atoms with Gasteiger partial charge in [-0.1, -0.05) is 12.1 Å². The van der Waals surface area contributed by atoms with Crippen LogP contribution in [0.3, 0.4) is 0 Å². The van der Waals surface area contributed by atoms with Crippen molar-refractivity contribution < 1.29 is 4.74 Å². The maximum Gasteiger partial charge on any atom is 0.118 e. The number of aromatic nitrogens is 1. The second-order valence-electron chi connectivity index (χ2n) is 5.14. The molecule has 0 saturated heterocycles. The van der Waals surface area contributed by atoms with Crippen LogP contribution in [0.5, 0.6) is 5.75 Å². The van der Waals surface area contributed by atoms with Crippen molar-refractivity contribution in [3.05, 3.63) is 59.4 Å². The van der Waals surface area contributed by atoms with Gasteiger partial charge in [0.05, 0.1) is 7.11 Å². The number of benzene rings is 1. The third kappa shape index (κ3) is 4.07. The first-order valence-electron chi connectivity index (χ1n) is 6.95. The molecule has 0 aliphatic rings. The molecule has 0 spiro atoms. The highest BCUT2D eigenvalue weighted by Gasteiger charge is 2.05. The monoisotopic (exact) mass is 270 g/mol. The summed E-state index contributed by atoms with van der Waals surface area (Å²) in [5, 5.41) is 3.55. The molecule has 106 valence electrons. The summed E-state index contributed by atoms with van der Waals surface area (Å²) in [4.78, 5) is 4.17. The molecule has 3 heteroatoms. The second kappa shape index (κ2) is 7.06. The van der Waals surface area contributed by atoms with Gasteiger partial charge in [0.2, 0.25) is 0 Å². The van der Waals surface area contributed by atoms with Crippen molar-refractivity contribution in [2.24, 2.45) is 0 Å². The molecule has 2 rings (SSSR count). The van der Waals surface area contributed by atoms with E-state index in [0.717, 1.165) is 18.7 Å². The van der Waals surface area contributed by atoms with Crippen LogP contribution >= 0.6 is 0 Å². The molecule has 0 amide bonds. The zero-order valence-electron chi connectivity index (χ0n) is 12.4. The molecule has 0 aliphatic carbocycles. The Kier molecular flexibility index (Phi) is 5.13. The first kappa shape index (κ1) is 14.5. The summed E-state index contributed by atoms with van der Waals surface area (Å²) in [6.45, 7) is 5.18. The van der Waals surface area contributed by atoms with Crippen molar-refractivity contribution >= 4 is 0 Å². The zero-order valence-corrected chi connectivity index (χ0v) is 12.4. The molecule has 0 aliphatic heterocycles. The van der Waals surface area contributed by atoms with Gasteiger partial charge in [0, 0.05) is 25.0 Å². The maximum atomic E-state index is 5.17. The number of nitrogens with zero attached hydrogens (tertiary/aromatic N) is 1. The van der Waals surface area contributed by atoms with Crippen LogP contribution in [0.2, 0.25) is 0 Å². The molecule has 3 nitrogen and oxygen atoms in total. The van der Waals surface area contributed by atoms with E-state index in [1.165, 1.54) is 16.7 Å². The fourth-order valence-corrected chi connectivity index (χ4v) is 2.15. The Bertz CT molecular complexity index is 537. The van der Waals surface area contributed by atoms with Crippen LogP contribution < -0.4 is 10.1 Å². The first-order valence-corrected chi connectivity index (χ1v) is 6.95. The SMILES string of the molecule is COc1ccc(CC(C)NCc2cnccc2C)cc1. The quantitative estimate of drug-likeness (QED) is 0.875. The molecule has 0 saturated carbocycles. The van der Waals surface area contributed by atoms with Gasteiger partial charge >= 0.3 is 0 Å². The molecule has 1 atom stereocenters. The van der Waals surface area contributed by atoms with Crippen molar-refractivity contribution in [2.45, 2.75) is 32.9 Å². The Morgan fingerprint density at radius 1 is 1.20 bits per heavy atom. The van der Waals surface area contributed by atoms with Crippen LogP contribution in [-0.4, -0.2) is 18.1 Å². The Morgan fingerprint density at radius 3 is 2.60 bits per heavy atom. The highest BCUT2D eigenvalue weighted by molar-refractivity contribution is 5.27. The molecule has 1 unspecified atom stereocenters. The number of methoxy groups -OCH3 is 1. The molecule has 20 heavy (non-hydrogen) atoms. The lowest BCUT2D eigenvalue weighted by atomic mass is 10.1. The van der Waals surface area contributed by atoms with E-state index in [1.807, 2.05) is 30.6 Å². The Hall–Kier alpha value is -1.87. The lowest BCUT2D eigenvalue weighted by Crippen LogP contribution is -2.27. The third-order valence-electron chi connectivity index (χ3n) is 3.49. The van der Waals surface area contributed by atoms with Gasteiger partial charge in [0.25, 0.3) is 0 Å². The van der Waals surface area contributed by atoms with Crippen LogP contribution in [-0.2, 0) is 13.0 Å². The standard InChI is InChI=1S/C17H22N2O/c1-13-8-9-18-11-16(13)12-19-14(2)10-15-4-6-17(20-3)7-5-15/h4-9,11,14,19H,10,12H2,1-3H3. The maximum absolute atomic E-state index is 5.17. The van der Waals surface area contributed by atoms with Crippen LogP contribution in [0, 0.1) is 6.92 Å². The topological polar surface area (TPSA) is 34.1 Å². The van der Waals surface area contributed by atoms with Gasteiger partial charge in [-0.25, -0.2) is 0 Å². The van der Waals surface area contributed by atoms with Crippen molar-refractivity contribution in [3.8, 4) is 5.75 Å². The zero-order chi connectivity index (χ0) is 14.4. The summed E-state index contributed by atoms with van der Waals surface area (Å²) < 4.78 is 5.17. The fraction of sp³-hybridized carbons (Fsp3) is 0.353. The van der Waals surface area contributed by atoms with E-state index in [2.05, 4.69) is 36.3 Å². The number of pyridine rings is 1. The lowest BCUT2D eigenvalue weighted by molar-refractivity contribution is 0.414. The van der Waals surface area contributed by atoms with E-state index in [4.69, 9.17) is 4.74 Å². The van der Waals surface area contributed by atoms with Crippen molar-refractivity contribution in [1.82, 2.24) is 10.3 Å². The number of rotatable bonds is 6. The molecule has 0 radical (unpaired) electrons. The number of nitrogens with one attached hydrogen (secondary N) is 1. The van der Waals surface area contributed by atoms with E-state index in [-0.39, 0.29) is 0 Å². The summed E-state index contributed by atoms with van der Waals surface area (Å²) in [6, 6.07) is 10.7. The van der Waals surface area contributed by atoms with Gasteiger partial charge in [-0.05, 0) is 55.2 Å². The average Bonchev–Trinajstić information content (AvgIpc) is 2.47. The van der Waals surface area contributed by atoms with Gasteiger partial charge in [0.1, 0.15) is 5.75 Å². The molecule has 2 aromatic rings. The smallest absolute Gasteiger partial charge is 0.118 e. The Balaban J connectivity index is 1.86. The Labute approximate surface area is 121 Å². The number of hydrogen-bond donors (Lipinski definition) is 1. The molecule has 1 N–H and O–H groups in total. The van der Waals surface area contributed by atoms with Gasteiger partial charge in [-0.15, -0.1) is 0 Å². The third-order valence-corrected chi connectivity index (χ3v) is 3.49. The molecular weight excluding hydrogens is 248 g/mol. The summed E-state index contributed by atoms with van der Waals surface area (Å²) in [6.07, 6.45) is 4.77. The van der Waals surface area contributed by atoms with Crippen molar-refractivity contribution in [2.75, 3.05) is 7.11 Å². The van der Waals surface area contributed by atoms with Gasteiger partial charge in [-0.2, -0.15) is 0 Å². The summed E-state index contributed by atoms with van der Waals surface area (Å²) in [5.41, 5.74) is 3.85. The van der Waals surface area contributed by atoms with Gasteiger partial charge in [0.15, 0.2) is 0 Å². The largest absolute Gasteiger partial charge is 0.497 e. The molecule has 0 fully saturated rings.